The van der Waals surface area contributed by atoms with E-state index in [1.54, 1.807) is 19.1 Å². The summed E-state index contributed by atoms with van der Waals surface area (Å²) in [6, 6.07) is 4.08. The van der Waals surface area contributed by atoms with Gasteiger partial charge >= 0.3 is 0 Å². The van der Waals surface area contributed by atoms with Crippen LogP contribution in [0, 0.1) is 5.82 Å². The minimum absolute atomic E-state index is 0.0476. The van der Waals surface area contributed by atoms with Crippen molar-refractivity contribution >= 4 is 5.91 Å². The van der Waals surface area contributed by atoms with Crippen LogP contribution >= 0.6 is 0 Å². The molecule has 0 saturated carbocycles. The van der Waals surface area contributed by atoms with Crippen molar-refractivity contribution in [3.8, 4) is 5.75 Å². The number of primary amides is 1. The van der Waals surface area contributed by atoms with Gasteiger partial charge in [0.25, 0.3) is 0 Å². The average molecular weight is 256 g/mol. The summed E-state index contributed by atoms with van der Waals surface area (Å²) in [6.45, 7) is 1.66. The van der Waals surface area contributed by atoms with E-state index in [1.807, 2.05) is 0 Å². The molecule has 18 heavy (non-hydrogen) atoms. The van der Waals surface area contributed by atoms with Crippen molar-refractivity contribution in [1.82, 2.24) is 5.32 Å². The Hall–Kier alpha value is -1.66. The van der Waals surface area contributed by atoms with Crippen molar-refractivity contribution < 1.29 is 19.0 Å². The number of ether oxygens (including phenoxy) is 1. The van der Waals surface area contributed by atoms with Gasteiger partial charge in [-0.05, 0) is 19.1 Å². The fourth-order valence-corrected chi connectivity index (χ4v) is 1.61. The van der Waals surface area contributed by atoms with E-state index in [0.29, 0.717) is 11.3 Å². The molecule has 2 unspecified atom stereocenters. The highest BCUT2D eigenvalue weighted by Gasteiger charge is 2.18. The molecule has 0 aliphatic rings. The number of carbonyl (C=O) groups excluding carboxylic acids is 1. The maximum atomic E-state index is 13.7. The number of aliphatic hydroxyl groups excluding tert-OH is 1. The molecule has 0 saturated heterocycles. The first-order valence-electron chi connectivity index (χ1n) is 5.50. The summed E-state index contributed by atoms with van der Waals surface area (Å²) in [5, 5.41) is 12.1. The zero-order valence-electron chi connectivity index (χ0n) is 10.3. The zero-order chi connectivity index (χ0) is 13.7. The maximum absolute atomic E-state index is 13.7. The van der Waals surface area contributed by atoms with Gasteiger partial charge in [-0.1, -0.05) is 6.07 Å². The van der Waals surface area contributed by atoms with Gasteiger partial charge in [-0.3, -0.25) is 4.79 Å². The molecule has 0 heterocycles. The van der Waals surface area contributed by atoms with Crippen molar-refractivity contribution in [2.75, 3.05) is 13.7 Å². The Labute approximate surface area is 105 Å². The molecule has 6 heteroatoms. The van der Waals surface area contributed by atoms with Crippen molar-refractivity contribution in [2.24, 2.45) is 5.73 Å². The molecule has 0 fully saturated rings. The predicted molar refractivity (Wildman–Crippen MR) is 64.6 cm³/mol. The lowest BCUT2D eigenvalue weighted by atomic mass is 10.1. The number of rotatable bonds is 6. The van der Waals surface area contributed by atoms with E-state index in [-0.39, 0.29) is 6.54 Å². The van der Waals surface area contributed by atoms with Gasteiger partial charge in [-0.15, -0.1) is 0 Å². The van der Waals surface area contributed by atoms with E-state index in [4.69, 9.17) is 10.5 Å². The minimum Gasteiger partial charge on any atom is -0.496 e. The summed E-state index contributed by atoms with van der Waals surface area (Å²) in [5.41, 5.74) is 5.26. The molecule has 0 aromatic heterocycles. The number of nitrogens with two attached hydrogens (primary N) is 1. The normalized spacial score (nSPS) is 14.0. The number of nitrogens with one attached hydrogen (secondary N) is 1. The van der Waals surface area contributed by atoms with Crippen LogP contribution in [0.2, 0.25) is 0 Å². The first kappa shape index (κ1) is 14.4. The number of hydrogen-bond donors (Lipinski definition) is 3. The van der Waals surface area contributed by atoms with Crippen molar-refractivity contribution in [2.45, 2.75) is 19.1 Å². The Balaban J connectivity index is 2.78. The van der Waals surface area contributed by atoms with Crippen molar-refractivity contribution in [3.63, 3.8) is 0 Å². The molecule has 2 atom stereocenters. The highest BCUT2D eigenvalue weighted by atomic mass is 19.1. The molecule has 0 spiro atoms. The summed E-state index contributed by atoms with van der Waals surface area (Å²) in [7, 11) is 1.45. The fraction of sp³-hybridized carbons (Fsp3) is 0.417. The van der Waals surface area contributed by atoms with E-state index >= 15 is 0 Å². The molecule has 1 aromatic rings. The van der Waals surface area contributed by atoms with Crippen LogP contribution in [0.25, 0.3) is 0 Å². The fourth-order valence-electron chi connectivity index (χ4n) is 1.61. The van der Waals surface area contributed by atoms with Crippen molar-refractivity contribution in [1.29, 1.82) is 0 Å². The molecule has 0 aliphatic carbocycles. The van der Waals surface area contributed by atoms with Gasteiger partial charge in [0.2, 0.25) is 5.91 Å². The Morgan fingerprint density at radius 1 is 1.61 bits per heavy atom. The van der Waals surface area contributed by atoms with Gasteiger partial charge < -0.3 is 20.9 Å². The number of benzene rings is 1. The number of carbonyl (C=O) groups is 1. The van der Waals surface area contributed by atoms with E-state index in [2.05, 4.69) is 5.32 Å². The molecular formula is C12H17FN2O3. The molecule has 0 bridgehead atoms. The topological polar surface area (TPSA) is 84.6 Å². The molecule has 5 nitrogen and oxygen atoms in total. The maximum Gasteiger partial charge on any atom is 0.247 e. The zero-order valence-corrected chi connectivity index (χ0v) is 10.3. The summed E-state index contributed by atoms with van der Waals surface area (Å²) in [6.07, 6.45) is -1.30. The van der Waals surface area contributed by atoms with Gasteiger partial charge in [0.15, 0.2) is 0 Å². The third-order valence-electron chi connectivity index (χ3n) is 2.61. The molecule has 4 N–H and O–H groups in total. The number of amides is 1. The highest BCUT2D eigenvalue weighted by Crippen LogP contribution is 2.27. The number of halogens is 1. The second-order valence-electron chi connectivity index (χ2n) is 3.90. The summed E-state index contributed by atoms with van der Waals surface area (Å²) in [4.78, 5) is 10.7. The minimum atomic E-state index is -1.30. The molecule has 0 aliphatic heterocycles. The lowest BCUT2D eigenvalue weighted by Gasteiger charge is -2.19. The molecular weight excluding hydrogens is 239 g/mol. The average Bonchev–Trinajstić information content (AvgIpc) is 2.34. The third kappa shape index (κ3) is 3.41. The second-order valence-corrected chi connectivity index (χ2v) is 3.90. The van der Waals surface area contributed by atoms with Gasteiger partial charge in [0.05, 0.1) is 7.11 Å². The summed E-state index contributed by atoms with van der Waals surface area (Å²) in [5.74, 6) is -0.832. The number of aliphatic hydroxyl groups is 1. The first-order valence-corrected chi connectivity index (χ1v) is 5.50. The van der Waals surface area contributed by atoms with E-state index in [0.717, 1.165) is 0 Å². The van der Waals surface area contributed by atoms with Crippen LogP contribution in [0.1, 0.15) is 18.5 Å². The number of hydrogen-bond acceptors (Lipinski definition) is 4. The lowest BCUT2D eigenvalue weighted by Crippen LogP contribution is -2.38. The summed E-state index contributed by atoms with van der Waals surface area (Å²) >= 11 is 0. The van der Waals surface area contributed by atoms with Crippen LogP contribution in [0.5, 0.6) is 5.75 Å². The Morgan fingerprint density at radius 2 is 2.28 bits per heavy atom. The smallest absolute Gasteiger partial charge is 0.247 e. The van der Waals surface area contributed by atoms with Gasteiger partial charge in [0, 0.05) is 18.2 Å². The summed E-state index contributed by atoms with van der Waals surface area (Å²) < 4.78 is 18.8. The monoisotopic (exact) mass is 256 g/mol. The van der Waals surface area contributed by atoms with Crippen LogP contribution in [-0.4, -0.2) is 30.8 Å². The molecule has 1 amide bonds. The molecule has 1 rings (SSSR count). The van der Waals surface area contributed by atoms with Crippen LogP contribution < -0.4 is 15.8 Å². The Kier molecular flexibility index (Phi) is 5.06. The van der Waals surface area contributed by atoms with E-state index in [1.165, 1.54) is 13.2 Å². The van der Waals surface area contributed by atoms with Crippen molar-refractivity contribution in [3.05, 3.63) is 29.6 Å². The molecule has 1 aromatic carbocycles. The van der Waals surface area contributed by atoms with Crippen LogP contribution in [-0.2, 0) is 4.79 Å². The largest absolute Gasteiger partial charge is 0.496 e. The lowest BCUT2D eigenvalue weighted by molar-refractivity contribution is -0.125. The second kappa shape index (κ2) is 6.32. The first-order chi connectivity index (χ1) is 8.47. The Morgan fingerprint density at radius 3 is 2.83 bits per heavy atom. The van der Waals surface area contributed by atoms with Gasteiger partial charge in [0.1, 0.15) is 17.7 Å². The van der Waals surface area contributed by atoms with Crippen LogP contribution in [0.4, 0.5) is 4.39 Å². The molecule has 100 valence electrons. The Bertz CT molecular complexity index is 426. The SMILES string of the molecule is COc1cccc(F)c1C(C)NCC(O)C(N)=O. The highest BCUT2D eigenvalue weighted by molar-refractivity contribution is 5.78. The molecule has 0 radical (unpaired) electrons. The predicted octanol–water partition coefficient (Wildman–Crippen LogP) is 0.331. The third-order valence-corrected chi connectivity index (χ3v) is 2.61. The van der Waals surface area contributed by atoms with Crippen LogP contribution in [0.15, 0.2) is 18.2 Å². The number of methoxy groups -OCH3 is 1. The quantitative estimate of drug-likeness (QED) is 0.685. The van der Waals surface area contributed by atoms with E-state index in [9.17, 15) is 14.3 Å². The van der Waals surface area contributed by atoms with E-state index < -0.39 is 23.9 Å². The van der Waals surface area contributed by atoms with Crippen LogP contribution in [0.3, 0.4) is 0 Å². The standard InChI is InChI=1S/C12H17FN2O3/c1-7(15-6-9(16)12(14)17)11-8(13)4-3-5-10(11)18-2/h3-5,7,9,15-16H,6H2,1-2H3,(H2,14,17). The van der Waals surface area contributed by atoms with Gasteiger partial charge in [-0.25, -0.2) is 4.39 Å². The van der Waals surface area contributed by atoms with Gasteiger partial charge in [-0.2, -0.15) is 0 Å².